The van der Waals surface area contributed by atoms with Gasteiger partial charge in [-0.15, -0.1) is 0 Å². The van der Waals surface area contributed by atoms with Crippen LogP contribution < -0.4 is 10.6 Å². The van der Waals surface area contributed by atoms with E-state index < -0.39 is 0 Å². The molecule has 1 aliphatic heterocycles. The van der Waals surface area contributed by atoms with Gasteiger partial charge in [0, 0.05) is 36.7 Å². The largest absolute Gasteiger partial charge is 0.377 e. The highest BCUT2D eigenvalue weighted by molar-refractivity contribution is 5.74. The molecule has 6 heteroatoms. The molecule has 1 aromatic carbocycles. The summed E-state index contributed by atoms with van der Waals surface area (Å²) < 4.78 is 5.77. The van der Waals surface area contributed by atoms with Crippen LogP contribution in [0.3, 0.4) is 0 Å². The Balaban J connectivity index is 1.30. The van der Waals surface area contributed by atoms with Crippen LogP contribution in [-0.2, 0) is 11.3 Å². The number of ether oxygens (including phenoxy) is 1. The van der Waals surface area contributed by atoms with E-state index in [1.165, 1.54) is 0 Å². The van der Waals surface area contributed by atoms with E-state index in [0.29, 0.717) is 12.5 Å². The zero-order valence-corrected chi connectivity index (χ0v) is 14.6. The number of carbonyl (C=O) groups is 1. The molecule has 2 aromatic rings. The Hall–Kier alpha value is -2.34. The minimum absolute atomic E-state index is 0.00420. The highest BCUT2D eigenvalue weighted by Crippen LogP contribution is 2.52. The number of nitrogens with zero attached hydrogens (tertiary/aromatic N) is 1. The summed E-state index contributed by atoms with van der Waals surface area (Å²) in [6, 6.07) is 10.1. The molecule has 132 valence electrons. The summed E-state index contributed by atoms with van der Waals surface area (Å²) >= 11 is 0. The Morgan fingerprint density at radius 1 is 1.32 bits per heavy atom. The van der Waals surface area contributed by atoms with Crippen molar-refractivity contribution < 1.29 is 9.53 Å². The normalized spacial score (nSPS) is 26.6. The third-order valence-corrected chi connectivity index (χ3v) is 5.61. The van der Waals surface area contributed by atoms with E-state index in [1.54, 1.807) is 6.20 Å². The number of hydrogen-bond donors (Lipinski definition) is 3. The number of aromatic nitrogens is 2. The first kappa shape index (κ1) is 16.1. The van der Waals surface area contributed by atoms with Gasteiger partial charge in [-0.3, -0.25) is 5.10 Å². The van der Waals surface area contributed by atoms with Gasteiger partial charge in [-0.1, -0.05) is 38.1 Å². The lowest BCUT2D eigenvalue weighted by atomic mass is 9.57. The number of benzene rings is 1. The molecule has 3 atom stereocenters. The average molecular weight is 340 g/mol. The minimum Gasteiger partial charge on any atom is -0.377 e. The van der Waals surface area contributed by atoms with Crippen LogP contribution in [0.1, 0.15) is 25.8 Å². The van der Waals surface area contributed by atoms with Crippen LogP contribution in [-0.4, -0.2) is 35.0 Å². The molecule has 2 amide bonds. The Labute approximate surface area is 147 Å². The van der Waals surface area contributed by atoms with Gasteiger partial charge in [0.25, 0.3) is 0 Å². The molecule has 3 unspecified atom stereocenters. The van der Waals surface area contributed by atoms with Crippen molar-refractivity contribution in [2.24, 2.45) is 11.3 Å². The molecule has 25 heavy (non-hydrogen) atoms. The first-order valence-corrected chi connectivity index (χ1v) is 8.80. The fourth-order valence-electron chi connectivity index (χ4n) is 4.21. The number of aromatic amines is 1. The standard InChI is InChI=1S/C19H24N4O2/c1-19(2)16(14-8-10-25-17(14)19)22-18(24)20-11-12-3-5-13(6-4-12)15-7-9-21-23-15/h3-7,9,14,16-17H,8,10-11H2,1-2H3,(H,21,23)(H2,20,22,24). The van der Waals surface area contributed by atoms with Crippen molar-refractivity contribution in [1.82, 2.24) is 20.8 Å². The van der Waals surface area contributed by atoms with Gasteiger partial charge in [-0.05, 0) is 23.6 Å². The number of fused-ring (bicyclic) bond motifs is 1. The summed E-state index contributed by atoms with van der Waals surface area (Å²) in [5.41, 5.74) is 3.13. The second-order valence-corrected chi connectivity index (χ2v) is 7.54. The number of urea groups is 1. The molecule has 2 heterocycles. The van der Waals surface area contributed by atoms with Gasteiger partial charge in [0.1, 0.15) is 0 Å². The minimum atomic E-state index is -0.110. The number of carbonyl (C=O) groups excluding carboxylic acids is 1. The molecule has 1 saturated heterocycles. The van der Waals surface area contributed by atoms with E-state index in [9.17, 15) is 4.79 Å². The van der Waals surface area contributed by atoms with E-state index in [2.05, 4.69) is 34.7 Å². The lowest BCUT2D eigenvalue weighted by molar-refractivity contribution is -0.108. The van der Waals surface area contributed by atoms with E-state index >= 15 is 0 Å². The van der Waals surface area contributed by atoms with Gasteiger partial charge >= 0.3 is 6.03 Å². The van der Waals surface area contributed by atoms with E-state index in [4.69, 9.17) is 4.74 Å². The molecule has 2 aliphatic rings. The third kappa shape index (κ3) is 2.91. The molecule has 1 aromatic heterocycles. The predicted molar refractivity (Wildman–Crippen MR) is 94.8 cm³/mol. The van der Waals surface area contributed by atoms with E-state index in [0.717, 1.165) is 29.8 Å². The highest BCUT2D eigenvalue weighted by Gasteiger charge is 2.59. The number of rotatable bonds is 4. The zero-order chi connectivity index (χ0) is 17.4. The van der Waals surface area contributed by atoms with Crippen molar-refractivity contribution in [2.45, 2.75) is 39.0 Å². The maximum atomic E-state index is 12.3. The number of hydrogen-bond acceptors (Lipinski definition) is 3. The Kier molecular flexibility index (Phi) is 4.00. The molecule has 1 aliphatic carbocycles. The van der Waals surface area contributed by atoms with E-state index in [-0.39, 0.29) is 23.6 Å². The van der Waals surface area contributed by atoms with Crippen LogP contribution in [0.4, 0.5) is 4.79 Å². The molecule has 0 radical (unpaired) electrons. The highest BCUT2D eigenvalue weighted by atomic mass is 16.5. The fourth-order valence-corrected chi connectivity index (χ4v) is 4.21. The van der Waals surface area contributed by atoms with Gasteiger partial charge in [0.05, 0.1) is 11.8 Å². The van der Waals surface area contributed by atoms with Gasteiger partial charge < -0.3 is 15.4 Å². The quantitative estimate of drug-likeness (QED) is 0.801. The van der Waals surface area contributed by atoms with Crippen LogP contribution in [0, 0.1) is 11.3 Å². The van der Waals surface area contributed by atoms with Crippen LogP contribution in [0.15, 0.2) is 36.5 Å². The maximum Gasteiger partial charge on any atom is 0.315 e. The summed E-state index contributed by atoms with van der Waals surface area (Å²) in [6.07, 6.45) is 3.05. The lowest BCUT2D eigenvalue weighted by Gasteiger charge is -2.54. The molecule has 0 bridgehead atoms. The Morgan fingerprint density at radius 3 is 2.84 bits per heavy atom. The zero-order valence-electron chi connectivity index (χ0n) is 14.6. The predicted octanol–water partition coefficient (Wildman–Crippen LogP) is 2.69. The second-order valence-electron chi connectivity index (χ2n) is 7.54. The van der Waals surface area contributed by atoms with Gasteiger partial charge in [-0.25, -0.2) is 4.79 Å². The van der Waals surface area contributed by atoms with Crippen molar-refractivity contribution in [1.29, 1.82) is 0 Å². The first-order valence-electron chi connectivity index (χ1n) is 8.80. The van der Waals surface area contributed by atoms with Gasteiger partial charge in [-0.2, -0.15) is 5.10 Å². The lowest BCUT2D eigenvalue weighted by Crippen LogP contribution is -2.67. The fraction of sp³-hybridized carbons (Fsp3) is 0.474. The van der Waals surface area contributed by atoms with Crippen LogP contribution >= 0.6 is 0 Å². The SMILES string of the molecule is CC1(C)C(NC(=O)NCc2ccc(-c3ccn[nH]3)cc2)C2CCOC21. The molecule has 1 saturated carbocycles. The maximum absolute atomic E-state index is 12.3. The molecule has 4 rings (SSSR count). The molecule has 0 spiro atoms. The third-order valence-electron chi connectivity index (χ3n) is 5.61. The number of H-pyrrole nitrogens is 1. The summed E-state index contributed by atoms with van der Waals surface area (Å²) in [5, 5.41) is 13.0. The first-order chi connectivity index (χ1) is 12.1. The van der Waals surface area contributed by atoms with Crippen molar-refractivity contribution >= 4 is 6.03 Å². The van der Waals surface area contributed by atoms with E-state index in [1.807, 2.05) is 30.3 Å². The van der Waals surface area contributed by atoms with Crippen LogP contribution in [0.5, 0.6) is 0 Å². The smallest absolute Gasteiger partial charge is 0.315 e. The Bertz CT molecular complexity index is 739. The molecular formula is C19H24N4O2. The number of amides is 2. The van der Waals surface area contributed by atoms with Crippen molar-refractivity contribution in [3.05, 3.63) is 42.1 Å². The molecular weight excluding hydrogens is 316 g/mol. The second kappa shape index (κ2) is 6.19. The van der Waals surface area contributed by atoms with Gasteiger partial charge in [0.2, 0.25) is 0 Å². The summed E-state index contributed by atoms with van der Waals surface area (Å²) in [4.78, 5) is 12.3. The van der Waals surface area contributed by atoms with Crippen molar-refractivity contribution in [3.8, 4) is 11.3 Å². The molecule has 3 N–H and O–H groups in total. The van der Waals surface area contributed by atoms with Crippen molar-refractivity contribution in [3.63, 3.8) is 0 Å². The van der Waals surface area contributed by atoms with Gasteiger partial charge in [0.15, 0.2) is 0 Å². The van der Waals surface area contributed by atoms with Crippen LogP contribution in [0.25, 0.3) is 11.3 Å². The van der Waals surface area contributed by atoms with Crippen LogP contribution in [0.2, 0.25) is 0 Å². The topological polar surface area (TPSA) is 79.0 Å². The average Bonchev–Trinajstić information content (AvgIpc) is 3.29. The molecule has 6 nitrogen and oxygen atoms in total. The van der Waals surface area contributed by atoms with Crippen molar-refractivity contribution in [2.75, 3.05) is 6.61 Å². The monoisotopic (exact) mass is 340 g/mol. The summed E-state index contributed by atoms with van der Waals surface area (Å²) in [7, 11) is 0. The summed E-state index contributed by atoms with van der Waals surface area (Å²) in [5.74, 6) is 0.453. The molecule has 2 fully saturated rings. The summed E-state index contributed by atoms with van der Waals surface area (Å²) in [6.45, 7) is 5.64. The Morgan fingerprint density at radius 2 is 2.12 bits per heavy atom. The number of nitrogens with one attached hydrogen (secondary N) is 3.